The van der Waals surface area contributed by atoms with Crippen molar-refractivity contribution in [3.05, 3.63) is 76.9 Å². The van der Waals surface area contributed by atoms with Gasteiger partial charge in [-0.15, -0.1) is 10.2 Å². The van der Waals surface area contributed by atoms with E-state index in [2.05, 4.69) is 15.5 Å². The zero-order valence-electron chi connectivity index (χ0n) is 14.0. The minimum Gasteiger partial charge on any atom is -0.382 e. The van der Waals surface area contributed by atoms with E-state index in [-0.39, 0.29) is 23.4 Å². The Morgan fingerprint density at radius 1 is 0.962 bits per heavy atom. The van der Waals surface area contributed by atoms with Crippen LogP contribution in [0.15, 0.2) is 48.5 Å². The highest BCUT2D eigenvalue weighted by molar-refractivity contribution is 5.63. The van der Waals surface area contributed by atoms with Gasteiger partial charge in [-0.05, 0) is 48.4 Å². The number of aromatic nitrogens is 2. The number of halogens is 2. The summed E-state index contributed by atoms with van der Waals surface area (Å²) in [6, 6.07) is 13.5. The molecule has 4 nitrogen and oxygen atoms in total. The minimum absolute atomic E-state index is 0.192. The van der Waals surface area contributed by atoms with Crippen LogP contribution in [-0.2, 0) is 6.54 Å². The quantitative estimate of drug-likeness (QED) is 0.739. The number of hydrogen-bond donors (Lipinski definition) is 2. The van der Waals surface area contributed by atoms with Crippen molar-refractivity contribution in [3.8, 4) is 11.3 Å². The lowest BCUT2D eigenvalue weighted by Crippen LogP contribution is -2.13. The van der Waals surface area contributed by atoms with Crippen molar-refractivity contribution in [2.45, 2.75) is 18.9 Å². The van der Waals surface area contributed by atoms with Crippen molar-refractivity contribution in [3.63, 3.8) is 0 Å². The number of nitrogens with zero attached hydrogens (tertiary/aromatic N) is 2. The number of fused-ring (bicyclic) bond motifs is 1. The molecule has 1 aromatic heterocycles. The average molecular weight is 352 g/mol. The van der Waals surface area contributed by atoms with Gasteiger partial charge in [0.15, 0.2) is 0 Å². The molecule has 1 unspecified atom stereocenters. The van der Waals surface area contributed by atoms with Gasteiger partial charge in [0.1, 0.15) is 17.5 Å². The molecule has 0 spiro atoms. The lowest BCUT2D eigenvalue weighted by Gasteiger charge is -2.20. The fourth-order valence-corrected chi connectivity index (χ4v) is 3.52. The first kappa shape index (κ1) is 16.6. The largest absolute Gasteiger partial charge is 0.382 e. The van der Waals surface area contributed by atoms with Gasteiger partial charge in [0.05, 0.1) is 5.69 Å². The van der Waals surface area contributed by atoms with E-state index in [1.165, 1.54) is 6.07 Å². The van der Waals surface area contributed by atoms with E-state index in [4.69, 9.17) is 5.73 Å². The number of hydrogen-bond acceptors (Lipinski definition) is 4. The van der Waals surface area contributed by atoms with Crippen LogP contribution in [0.1, 0.15) is 29.0 Å². The van der Waals surface area contributed by atoms with Crippen molar-refractivity contribution >= 4 is 5.82 Å². The van der Waals surface area contributed by atoms with Gasteiger partial charge >= 0.3 is 0 Å². The highest BCUT2D eigenvalue weighted by atomic mass is 19.1. The normalized spacial score (nSPS) is 16.8. The van der Waals surface area contributed by atoms with E-state index in [1.807, 2.05) is 12.1 Å². The topological polar surface area (TPSA) is 63.8 Å². The molecule has 0 bridgehead atoms. The molecule has 0 fully saturated rings. The van der Waals surface area contributed by atoms with Crippen LogP contribution in [0.5, 0.6) is 0 Å². The second-order valence-corrected chi connectivity index (χ2v) is 6.38. The standard InChI is InChI=1S/C20H18F2N4/c21-17-4-2-1-3-14(17)13-9-10-24-11-16-12(13)5-6-15(20(16)22)18-7-8-19(23)26-25-18/h1-8,13,24H,9-11H2,(H2,23,26). The van der Waals surface area contributed by atoms with Crippen LogP contribution in [0.4, 0.5) is 14.6 Å². The van der Waals surface area contributed by atoms with Crippen LogP contribution in [0, 0.1) is 11.6 Å². The summed E-state index contributed by atoms with van der Waals surface area (Å²) >= 11 is 0. The Morgan fingerprint density at radius 2 is 1.81 bits per heavy atom. The molecule has 0 saturated carbocycles. The molecular formula is C20H18F2N4. The molecular weight excluding hydrogens is 334 g/mol. The molecule has 1 aliphatic heterocycles. The summed E-state index contributed by atoms with van der Waals surface area (Å²) in [5.41, 5.74) is 8.30. The highest BCUT2D eigenvalue weighted by Crippen LogP contribution is 2.37. The highest BCUT2D eigenvalue weighted by Gasteiger charge is 2.26. The molecule has 6 heteroatoms. The van der Waals surface area contributed by atoms with Gasteiger partial charge in [-0.1, -0.05) is 24.3 Å². The number of rotatable bonds is 2. The van der Waals surface area contributed by atoms with Gasteiger partial charge in [0.2, 0.25) is 0 Å². The Balaban J connectivity index is 1.84. The van der Waals surface area contributed by atoms with Crippen molar-refractivity contribution < 1.29 is 8.78 Å². The van der Waals surface area contributed by atoms with E-state index in [1.54, 1.807) is 30.3 Å². The zero-order valence-corrected chi connectivity index (χ0v) is 14.0. The predicted octanol–water partition coefficient (Wildman–Crippen LogP) is 3.63. The van der Waals surface area contributed by atoms with E-state index in [0.29, 0.717) is 41.9 Å². The monoisotopic (exact) mass is 352 g/mol. The Bertz CT molecular complexity index is 941. The van der Waals surface area contributed by atoms with Crippen LogP contribution in [0.2, 0.25) is 0 Å². The Hall–Kier alpha value is -2.86. The fraction of sp³-hybridized carbons (Fsp3) is 0.200. The molecule has 2 aromatic carbocycles. The smallest absolute Gasteiger partial charge is 0.146 e. The number of anilines is 1. The van der Waals surface area contributed by atoms with Crippen LogP contribution in [0.25, 0.3) is 11.3 Å². The molecule has 1 aliphatic rings. The molecule has 26 heavy (non-hydrogen) atoms. The number of nitrogens with one attached hydrogen (secondary N) is 1. The molecule has 3 aromatic rings. The molecule has 4 rings (SSSR count). The molecule has 2 heterocycles. The van der Waals surface area contributed by atoms with Gasteiger partial charge in [-0.2, -0.15) is 0 Å². The Morgan fingerprint density at radius 3 is 2.58 bits per heavy atom. The number of benzene rings is 2. The zero-order chi connectivity index (χ0) is 18.1. The first-order valence-corrected chi connectivity index (χ1v) is 8.51. The van der Waals surface area contributed by atoms with E-state index < -0.39 is 0 Å². The van der Waals surface area contributed by atoms with Crippen LogP contribution in [0.3, 0.4) is 0 Å². The summed E-state index contributed by atoms with van der Waals surface area (Å²) in [5.74, 6) is -0.524. The molecule has 1 atom stereocenters. The van der Waals surface area contributed by atoms with Crippen molar-refractivity contribution in [1.82, 2.24) is 15.5 Å². The maximum atomic E-state index is 15.3. The van der Waals surface area contributed by atoms with Gasteiger partial charge < -0.3 is 11.1 Å². The fourth-order valence-electron chi connectivity index (χ4n) is 3.52. The third kappa shape index (κ3) is 2.93. The van der Waals surface area contributed by atoms with Gasteiger partial charge in [0.25, 0.3) is 0 Å². The maximum absolute atomic E-state index is 15.3. The second kappa shape index (κ2) is 6.80. The summed E-state index contributed by atoms with van der Waals surface area (Å²) in [7, 11) is 0. The van der Waals surface area contributed by atoms with E-state index in [9.17, 15) is 4.39 Å². The van der Waals surface area contributed by atoms with Crippen LogP contribution in [-0.4, -0.2) is 16.7 Å². The van der Waals surface area contributed by atoms with Crippen molar-refractivity contribution in [2.75, 3.05) is 12.3 Å². The predicted molar refractivity (Wildman–Crippen MR) is 96.4 cm³/mol. The first-order chi connectivity index (χ1) is 12.6. The van der Waals surface area contributed by atoms with Gasteiger partial charge in [-0.25, -0.2) is 8.78 Å². The Labute approximate surface area is 150 Å². The summed E-state index contributed by atoms with van der Waals surface area (Å²) in [5, 5.41) is 11.0. The lowest BCUT2D eigenvalue weighted by molar-refractivity contribution is 0.579. The first-order valence-electron chi connectivity index (χ1n) is 8.51. The third-order valence-electron chi connectivity index (χ3n) is 4.81. The molecule has 0 saturated heterocycles. The maximum Gasteiger partial charge on any atom is 0.146 e. The van der Waals surface area contributed by atoms with E-state index >= 15 is 4.39 Å². The number of nitrogen functional groups attached to an aromatic ring is 1. The third-order valence-corrected chi connectivity index (χ3v) is 4.81. The summed E-state index contributed by atoms with van der Waals surface area (Å²) in [4.78, 5) is 0. The van der Waals surface area contributed by atoms with Crippen LogP contribution < -0.4 is 11.1 Å². The summed E-state index contributed by atoms with van der Waals surface area (Å²) in [6.07, 6.45) is 0.703. The Kier molecular flexibility index (Phi) is 4.34. The molecule has 3 N–H and O–H groups in total. The molecule has 0 radical (unpaired) electrons. The summed E-state index contributed by atoms with van der Waals surface area (Å²) < 4.78 is 29.6. The van der Waals surface area contributed by atoms with E-state index in [0.717, 1.165) is 5.56 Å². The molecule has 0 aliphatic carbocycles. The molecule has 132 valence electrons. The van der Waals surface area contributed by atoms with Gasteiger partial charge in [0, 0.05) is 23.6 Å². The average Bonchev–Trinajstić information content (AvgIpc) is 2.87. The minimum atomic E-state index is -0.350. The van der Waals surface area contributed by atoms with Crippen LogP contribution >= 0.6 is 0 Å². The molecule has 0 amide bonds. The SMILES string of the molecule is Nc1ccc(-c2ccc3c(c2F)CNCCC3c2ccccc2F)nn1. The lowest BCUT2D eigenvalue weighted by atomic mass is 9.85. The van der Waals surface area contributed by atoms with Crippen molar-refractivity contribution in [1.29, 1.82) is 0 Å². The summed E-state index contributed by atoms with van der Waals surface area (Å²) in [6.45, 7) is 1.08. The number of nitrogens with two attached hydrogens (primary N) is 1. The second-order valence-electron chi connectivity index (χ2n) is 6.38. The van der Waals surface area contributed by atoms with Crippen molar-refractivity contribution in [2.24, 2.45) is 0 Å². The van der Waals surface area contributed by atoms with Gasteiger partial charge in [-0.3, -0.25) is 0 Å².